The fourth-order valence-electron chi connectivity index (χ4n) is 1.29. The van der Waals surface area contributed by atoms with E-state index in [-0.39, 0.29) is 5.56 Å². The Kier molecular flexibility index (Phi) is 3.89. The van der Waals surface area contributed by atoms with Crippen LogP contribution in [0.3, 0.4) is 0 Å². The lowest BCUT2D eigenvalue weighted by Crippen LogP contribution is -2.20. The molecule has 16 heavy (non-hydrogen) atoms. The molecule has 0 aliphatic carbocycles. The predicted octanol–water partition coefficient (Wildman–Crippen LogP) is 4.14. The van der Waals surface area contributed by atoms with Crippen molar-refractivity contribution < 1.29 is 0 Å². The first-order chi connectivity index (χ1) is 7.56. The molecular weight excluding hydrogens is 377 g/mol. The number of halogens is 3. The molecule has 0 unspecified atom stereocenters. The van der Waals surface area contributed by atoms with E-state index in [2.05, 4.69) is 31.9 Å². The molecule has 0 bridgehead atoms. The van der Waals surface area contributed by atoms with Crippen molar-refractivity contribution in [2.75, 3.05) is 0 Å². The highest BCUT2D eigenvalue weighted by Crippen LogP contribution is 2.22. The van der Waals surface area contributed by atoms with Gasteiger partial charge in [0, 0.05) is 15.5 Å². The summed E-state index contributed by atoms with van der Waals surface area (Å²) in [6.07, 6.45) is 1.76. The third-order valence-corrected chi connectivity index (χ3v) is 4.18. The van der Waals surface area contributed by atoms with E-state index in [1.54, 1.807) is 16.8 Å². The van der Waals surface area contributed by atoms with Crippen molar-refractivity contribution >= 4 is 54.8 Å². The van der Waals surface area contributed by atoms with Crippen LogP contribution in [0.4, 0.5) is 0 Å². The molecule has 2 rings (SSSR count). The zero-order chi connectivity index (χ0) is 11.7. The molecule has 0 atom stereocenters. The largest absolute Gasteiger partial charge is 0.308 e. The molecule has 0 aromatic carbocycles. The van der Waals surface area contributed by atoms with Gasteiger partial charge in [-0.1, -0.05) is 11.6 Å². The van der Waals surface area contributed by atoms with Crippen molar-refractivity contribution in [1.29, 1.82) is 0 Å². The summed E-state index contributed by atoms with van der Waals surface area (Å²) in [5.41, 5.74) is -0.0484. The van der Waals surface area contributed by atoms with Gasteiger partial charge in [0.15, 0.2) is 0 Å². The number of hydrogen-bond donors (Lipinski definition) is 0. The summed E-state index contributed by atoms with van der Waals surface area (Å²) >= 11 is 13.9. The smallest absolute Gasteiger partial charge is 0.265 e. The summed E-state index contributed by atoms with van der Waals surface area (Å²) in [5.74, 6) is 0. The highest BCUT2D eigenvalue weighted by molar-refractivity contribution is 9.11. The number of thiophene rings is 1. The summed E-state index contributed by atoms with van der Waals surface area (Å²) in [7, 11) is 0. The van der Waals surface area contributed by atoms with E-state index in [9.17, 15) is 4.79 Å². The Balaban J connectivity index is 2.38. The van der Waals surface area contributed by atoms with Crippen molar-refractivity contribution in [3.63, 3.8) is 0 Å². The van der Waals surface area contributed by atoms with Gasteiger partial charge in [-0.15, -0.1) is 11.3 Å². The average molecular weight is 383 g/mol. The Morgan fingerprint density at radius 1 is 1.38 bits per heavy atom. The molecule has 2 aromatic heterocycles. The van der Waals surface area contributed by atoms with Crippen LogP contribution in [-0.4, -0.2) is 4.57 Å². The molecule has 0 aliphatic heterocycles. The summed E-state index contributed by atoms with van der Waals surface area (Å²) in [6, 6.07) is 5.49. The minimum atomic E-state index is -0.0484. The molecule has 2 heterocycles. The Hall–Kier alpha value is -0.100. The second-order valence-corrected chi connectivity index (χ2v) is 6.71. The molecule has 0 N–H and O–H groups in total. The fourth-order valence-corrected chi connectivity index (χ4v) is 3.63. The van der Waals surface area contributed by atoms with Gasteiger partial charge in [-0.2, -0.15) is 0 Å². The molecule has 6 heteroatoms. The zero-order valence-electron chi connectivity index (χ0n) is 7.91. The Bertz CT molecular complexity index is 578. The lowest BCUT2D eigenvalue weighted by Gasteiger charge is -2.05. The minimum absolute atomic E-state index is 0.0484. The van der Waals surface area contributed by atoms with Crippen LogP contribution in [0.1, 0.15) is 4.88 Å². The second-order valence-electron chi connectivity index (χ2n) is 3.15. The molecular formula is C10H6Br2ClNOS. The Morgan fingerprint density at radius 2 is 2.12 bits per heavy atom. The number of rotatable bonds is 2. The summed E-state index contributed by atoms with van der Waals surface area (Å²) in [5, 5.41) is 0. The van der Waals surface area contributed by atoms with Gasteiger partial charge in [-0.3, -0.25) is 4.79 Å². The highest BCUT2D eigenvalue weighted by Gasteiger charge is 2.05. The lowest BCUT2D eigenvalue weighted by atomic mass is 10.4. The number of aromatic nitrogens is 1. The van der Waals surface area contributed by atoms with Gasteiger partial charge in [-0.25, -0.2) is 0 Å². The molecule has 0 amide bonds. The van der Waals surface area contributed by atoms with E-state index in [1.165, 1.54) is 11.3 Å². The van der Waals surface area contributed by atoms with Crippen LogP contribution in [0.25, 0.3) is 0 Å². The van der Waals surface area contributed by atoms with Crippen molar-refractivity contribution in [2.45, 2.75) is 6.54 Å². The van der Waals surface area contributed by atoms with Crippen LogP contribution in [0, 0.1) is 0 Å². The van der Waals surface area contributed by atoms with Crippen molar-refractivity contribution in [3.05, 3.63) is 52.9 Å². The highest BCUT2D eigenvalue weighted by atomic mass is 79.9. The van der Waals surface area contributed by atoms with Crippen molar-refractivity contribution in [3.8, 4) is 0 Å². The summed E-state index contributed by atoms with van der Waals surface area (Å²) in [6.45, 7) is 0.536. The third-order valence-electron chi connectivity index (χ3n) is 1.96. The molecule has 0 spiro atoms. The van der Waals surface area contributed by atoms with E-state index in [1.807, 2.05) is 12.1 Å². The van der Waals surface area contributed by atoms with Crippen LogP contribution in [0.2, 0.25) is 4.34 Å². The molecule has 0 aliphatic rings. The van der Waals surface area contributed by atoms with Gasteiger partial charge < -0.3 is 4.57 Å². The van der Waals surface area contributed by atoms with Gasteiger partial charge in [-0.05, 0) is 50.1 Å². The monoisotopic (exact) mass is 381 g/mol. The zero-order valence-corrected chi connectivity index (χ0v) is 12.7. The van der Waals surface area contributed by atoms with Crippen LogP contribution < -0.4 is 5.56 Å². The van der Waals surface area contributed by atoms with Gasteiger partial charge in [0.05, 0.1) is 15.4 Å². The van der Waals surface area contributed by atoms with Crippen LogP contribution >= 0.6 is 54.8 Å². The average Bonchev–Trinajstić information content (AvgIpc) is 2.60. The van der Waals surface area contributed by atoms with E-state index in [4.69, 9.17) is 11.6 Å². The molecule has 84 valence electrons. The standard InChI is InChI=1S/C10H6Br2ClNOS/c11-6-3-8(12)10(15)14(4-6)5-7-1-2-9(13)16-7/h1-4H,5H2. The third kappa shape index (κ3) is 2.77. The van der Waals surface area contributed by atoms with Crippen LogP contribution in [0.5, 0.6) is 0 Å². The maximum atomic E-state index is 11.8. The van der Waals surface area contributed by atoms with Crippen LogP contribution in [0.15, 0.2) is 38.1 Å². The maximum absolute atomic E-state index is 11.8. The first-order valence-electron chi connectivity index (χ1n) is 4.36. The first-order valence-corrected chi connectivity index (χ1v) is 7.14. The number of hydrogen-bond acceptors (Lipinski definition) is 2. The maximum Gasteiger partial charge on any atom is 0.265 e. The topological polar surface area (TPSA) is 22.0 Å². The first kappa shape index (κ1) is 12.4. The van der Waals surface area contributed by atoms with E-state index < -0.39 is 0 Å². The Morgan fingerprint density at radius 3 is 2.75 bits per heavy atom. The van der Waals surface area contributed by atoms with E-state index >= 15 is 0 Å². The normalized spacial score (nSPS) is 10.7. The lowest BCUT2D eigenvalue weighted by molar-refractivity contribution is 0.762. The molecule has 0 fully saturated rings. The Labute approximate surface area is 118 Å². The molecule has 0 saturated carbocycles. The fraction of sp³-hybridized carbons (Fsp3) is 0.100. The van der Waals surface area contributed by atoms with Crippen molar-refractivity contribution in [1.82, 2.24) is 4.57 Å². The van der Waals surface area contributed by atoms with Gasteiger partial charge in [0.25, 0.3) is 5.56 Å². The molecule has 2 aromatic rings. The molecule has 0 radical (unpaired) electrons. The quantitative estimate of drug-likeness (QED) is 0.764. The second kappa shape index (κ2) is 5.04. The van der Waals surface area contributed by atoms with Crippen molar-refractivity contribution in [2.24, 2.45) is 0 Å². The summed E-state index contributed by atoms with van der Waals surface area (Å²) in [4.78, 5) is 12.9. The van der Waals surface area contributed by atoms with Crippen LogP contribution in [-0.2, 0) is 6.54 Å². The van der Waals surface area contributed by atoms with Gasteiger partial charge in [0.1, 0.15) is 0 Å². The molecule has 2 nitrogen and oxygen atoms in total. The molecule has 0 saturated heterocycles. The van der Waals surface area contributed by atoms with E-state index in [0.717, 1.165) is 13.7 Å². The van der Waals surface area contributed by atoms with Gasteiger partial charge >= 0.3 is 0 Å². The van der Waals surface area contributed by atoms with Gasteiger partial charge in [0.2, 0.25) is 0 Å². The predicted molar refractivity (Wildman–Crippen MR) is 74.5 cm³/mol. The number of nitrogens with zero attached hydrogens (tertiary/aromatic N) is 1. The van der Waals surface area contributed by atoms with E-state index in [0.29, 0.717) is 11.0 Å². The number of pyridine rings is 1. The summed E-state index contributed by atoms with van der Waals surface area (Å²) < 4.78 is 3.78. The SMILES string of the molecule is O=c1c(Br)cc(Br)cn1Cc1ccc(Cl)s1. The minimum Gasteiger partial charge on any atom is -0.308 e.